The van der Waals surface area contributed by atoms with E-state index in [0.29, 0.717) is 0 Å². The van der Waals surface area contributed by atoms with E-state index in [9.17, 15) is 0 Å². The number of benzene rings is 1. The third-order valence-corrected chi connectivity index (χ3v) is 2.15. The molecular formula is C9H12BrN2+. The first-order valence-corrected chi connectivity index (χ1v) is 4.46. The van der Waals surface area contributed by atoms with Crippen molar-refractivity contribution in [2.24, 2.45) is 5.73 Å². The van der Waals surface area contributed by atoms with Crippen molar-refractivity contribution in [2.75, 3.05) is 14.1 Å². The largest absolute Gasteiger partial charge is 0.287 e. The standard InChI is InChI=1S/C9H11BrN2/c1-12(2)9(11)7-3-5-8(10)6-4-7/h3-6,11H,1-2H3/p+1. The molecule has 0 aliphatic heterocycles. The van der Waals surface area contributed by atoms with Crippen molar-refractivity contribution in [1.82, 2.24) is 0 Å². The molecule has 0 aromatic heterocycles. The van der Waals surface area contributed by atoms with Crippen LogP contribution in [0.1, 0.15) is 5.56 Å². The highest BCUT2D eigenvalue weighted by Gasteiger charge is 2.03. The molecule has 0 radical (unpaired) electrons. The zero-order valence-corrected chi connectivity index (χ0v) is 8.80. The van der Waals surface area contributed by atoms with Gasteiger partial charge in [0.05, 0.1) is 19.7 Å². The van der Waals surface area contributed by atoms with Crippen molar-refractivity contribution >= 4 is 21.8 Å². The average Bonchev–Trinajstić information content (AvgIpc) is 2.04. The normalized spacial score (nSPS) is 9.58. The van der Waals surface area contributed by atoms with Gasteiger partial charge < -0.3 is 0 Å². The van der Waals surface area contributed by atoms with Crippen LogP contribution in [-0.2, 0) is 0 Å². The summed E-state index contributed by atoms with van der Waals surface area (Å²) in [6.07, 6.45) is 0. The second kappa shape index (κ2) is 3.72. The van der Waals surface area contributed by atoms with Crippen LogP contribution in [0.25, 0.3) is 0 Å². The molecule has 0 amide bonds. The summed E-state index contributed by atoms with van der Waals surface area (Å²) in [5, 5.41) is 0. The molecule has 0 atom stereocenters. The quantitative estimate of drug-likeness (QED) is 0.439. The number of hydrogen-bond donors (Lipinski definition) is 1. The first-order chi connectivity index (χ1) is 5.61. The van der Waals surface area contributed by atoms with Crippen molar-refractivity contribution in [3.63, 3.8) is 0 Å². The molecule has 0 fully saturated rings. The highest BCUT2D eigenvalue weighted by atomic mass is 79.9. The molecule has 2 nitrogen and oxygen atoms in total. The lowest BCUT2D eigenvalue weighted by atomic mass is 10.2. The van der Waals surface area contributed by atoms with E-state index < -0.39 is 0 Å². The van der Waals surface area contributed by atoms with Crippen LogP contribution < -0.4 is 5.73 Å². The van der Waals surface area contributed by atoms with E-state index in [1.165, 1.54) is 0 Å². The van der Waals surface area contributed by atoms with E-state index in [1.54, 1.807) is 0 Å². The van der Waals surface area contributed by atoms with Gasteiger partial charge in [0.1, 0.15) is 0 Å². The van der Waals surface area contributed by atoms with E-state index in [2.05, 4.69) is 15.9 Å². The number of nitrogens with zero attached hydrogens (tertiary/aromatic N) is 1. The smallest absolute Gasteiger partial charge is 0.274 e. The molecule has 1 rings (SSSR count). The van der Waals surface area contributed by atoms with Crippen LogP contribution in [0.15, 0.2) is 28.7 Å². The highest BCUT2D eigenvalue weighted by Crippen LogP contribution is 2.09. The van der Waals surface area contributed by atoms with Gasteiger partial charge in [-0.3, -0.25) is 10.3 Å². The predicted molar refractivity (Wildman–Crippen MR) is 54.5 cm³/mol. The third kappa shape index (κ3) is 2.08. The van der Waals surface area contributed by atoms with Gasteiger partial charge in [-0.1, -0.05) is 15.9 Å². The summed E-state index contributed by atoms with van der Waals surface area (Å²) in [6, 6.07) is 7.93. The minimum Gasteiger partial charge on any atom is -0.287 e. The fourth-order valence-electron chi connectivity index (χ4n) is 0.879. The molecule has 0 heterocycles. The molecule has 0 spiro atoms. The van der Waals surface area contributed by atoms with Gasteiger partial charge in [0.2, 0.25) is 0 Å². The number of rotatable bonds is 1. The number of nitrogens with two attached hydrogens (primary N) is 1. The van der Waals surface area contributed by atoms with Crippen LogP contribution in [0.4, 0.5) is 0 Å². The first kappa shape index (κ1) is 9.26. The van der Waals surface area contributed by atoms with Gasteiger partial charge in [-0.2, -0.15) is 0 Å². The van der Waals surface area contributed by atoms with E-state index in [1.807, 2.05) is 42.9 Å². The lowest BCUT2D eigenvalue weighted by Gasteiger charge is -1.98. The van der Waals surface area contributed by atoms with Crippen LogP contribution in [-0.4, -0.2) is 24.5 Å². The van der Waals surface area contributed by atoms with Crippen LogP contribution in [0, 0.1) is 0 Å². The second-order valence-electron chi connectivity index (χ2n) is 2.79. The van der Waals surface area contributed by atoms with Crippen molar-refractivity contribution in [2.45, 2.75) is 0 Å². The van der Waals surface area contributed by atoms with Gasteiger partial charge in [-0.05, 0) is 24.3 Å². The summed E-state index contributed by atoms with van der Waals surface area (Å²) < 4.78 is 2.96. The number of halogens is 1. The Labute approximate surface area is 80.8 Å². The van der Waals surface area contributed by atoms with Crippen molar-refractivity contribution < 1.29 is 4.58 Å². The third-order valence-electron chi connectivity index (χ3n) is 1.62. The molecule has 1 aromatic carbocycles. The van der Waals surface area contributed by atoms with Gasteiger partial charge in [0.25, 0.3) is 5.84 Å². The molecule has 0 saturated heterocycles. The van der Waals surface area contributed by atoms with Gasteiger partial charge >= 0.3 is 0 Å². The zero-order chi connectivity index (χ0) is 9.14. The lowest BCUT2D eigenvalue weighted by molar-refractivity contribution is -0.464. The predicted octanol–water partition coefficient (Wildman–Crippen LogP) is 1.43. The van der Waals surface area contributed by atoms with Crippen LogP contribution in [0.3, 0.4) is 0 Å². The Bertz CT molecular complexity index is 297. The van der Waals surface area contributed by atoms with Gasteiger partial charge in [0.15, 0.2) is 0 Å². The minimum absolute atomic E-state index is 0.780. The van der Waals surface area contributed by atoms with Crippen molar-refractivity contribution in [3.8, 4) is 0 Å². The van der Waals surface area contributed by atoms with Crippen LogP contribution in [0.2, 0.25) is 0 Å². The van der Waals surface area contributed by atoms with E-state index in [0.717, 1.165) is 15.9 Å². The topological polar surface area (TPSA) is 29.0 Å². The summed E-state index contributed by atoms with van der Waals surface area (Å²) in [6.45, 7) is 0. The Balaban J connectivity index is 3.06. The SMILES string of the molecule is C[N+](C)=C(N)c1ccc(Br)cc1. The Morgan fingerprint density at radius 3 is 2.17 bits per heavy atom. The van der Waals surface area contributed by atoms with Crippen molar-refractivity contribution in [3.05, 3.63) is 34.3 Å². The first-order valence-electron chi connectivity index (χ1n) is 3.67. The molecule has 0 unspecified atom stereocenters. The van der Waals surface area contributed by atoms with Gasteiger partial charge in [-0.15, -0.1) is 0 Å². The fourth-order valence-corrected chi connectivity index (χ4v) is 1.14. The van der Waals surface area contributed by atoms with Gasteiger partial charge in [-0.25, -0.2) is 0 Å². The average molecular weight is 228 g/mol. The zero-order valence-electron chi connectivity index (χ0n) is 7.21. The molecule has 0 bridgehead atoms. The molecule has 0 aliphatic carbocycles. The minimum atomic E-state index is 0.780. The fraction of sp³-hybridized carbons (Fsp3) is 0.222. The van der Waals surface area contributed by atoms with E-state index in [4.69, 9.17) is 5.73 Å². The highest BCUT2D eigenvalue weighted by molar-refractivity contribution is 9.10. The Hall–Kier alpha value is -0.830. The Kier molecular flexibility index (Phi) is 2.87. The Morgan fingerprint density at radius 2 is 1.75 bits per heavy atom. The van der Waals surface area contributed by atoms with E-state index >= 15 is 0 Å². The van der Waals surface area contributed by atoms with Crippen LogP contribution >= 0.6 is 15.9 Å². The number of amidine groups is 1. The summed E-state index contributed by atoms with van der Waals surface area (Å²) in [5.41, 5.74) is 6.86. The maximum absolute atomic E-state index is 5.82. The van der Waals surface area contributed by atoms with Gasteiger partial charge in [0, 0.05) is 4.47 Å². The summed E-state index contributed by atoms with van der Waals surface area (Å²) in [4.78, 5) is 0. The second-order valence-corrected chi connectivity index (χ2v) is 3.70. The molecule has 0 aliphatic rings. The lowest BCUT2D eigenvalue weighted by Crippen LogP contribution is -2.23. The summed E-state index contributed by atoms with van der Waals surface area (Å²) in [7, 11) is 3.86. The number of hydrogen-bond acceptors (Lipinski definition) is 0. The molecule has 12 heavy (non-hydrogen) atoms. The maximum Gasteiger partial charge on any atom is 0.274 e. The molecular weight excluding hydrogens is 216 g/mol. The molecule has 64 valence electrons. The summed E-state index contributed by atoms with van der Waals surface area (Å²) in [5.74, 6) is 0.780. The van der Waals surface area contributed by atoms with Crippen molar-refractivity contribution in [1.29, 1.82) is 0 Å². The monoisotopic (exact) mass is 227 g/mol. The van der Waals surface area contributed by atoms with E-state index in [-0.39, 0.29) is 0 Å². The molecule has 0 saturated carbocycles. The molecule has 2 N–H and O–H groups in total. The van der Waals surface area contributed by atoms with Crippen LogP contribution in [0.5, 0.6) is 0 Å². The maximum atomic E-state index is 5.82. The Morgan fingerprint density at radius 1 is 1.25 bits per heavy atom. The molecule has 1 aromatic rings. The summed E-state index contributed by atoms with van der Waals surface area (Å²) >= 11 is 3.37. The molecule has 3 heteroatoms.